The van der Waals surface area contributed by atoms with Crippen LogP contribution in [-0.4, -0.2) is 87.0 Å². The van der Waals surface area contributed by atoms with Gasteiger partial charge in [-0.05, 0) is 22.3 Å². The first-order chi connectivity index (χ1) is 16.8. The Morgan fingerprint density at radius 3 is 0.649 bits per heavy atom. The summed E-state index contributed by atoms with van der Waals surface area (Å²) in [5, 5.41) is 0. The molecule has 0 saturated heterocycles. The fourth-order valence-electron chi connectivity index (χ4n) is 3.10. The van der Waals surface area contributed by atoms with E-state index < -0.39 is 30.4 Å². The minimum Gasteiger partial charge on any atom is -0.412 e. The summed E-state index contributed by atoms with van der Waals surface area (Å²) in [5.74, 6) is 0. The van der Waals surface area contributed by atoms with Gasteiger partial charge in [-0.2, -0.15) is 0 Å². The van der Waals surface area contributed by atoms with Crippen LogP contribution in [0.4, 0.5) is 0 Å². The molecule has 0 aromatic carbocycles. The Labute approximate surface area is 218 Å². The van der Waals surface area contributed by atoms with Crippen molar-refractivity contribution in [2.75, 3.05) is 81.5 Å². The summed E-state index contributed by atoms with van der Waals surface area (Å²) >= 11 is 0. The molecule has 0 saturated carbocycles. The second-order valence-corrected chi connectivity index (χ2v) is 16.4. The number of hydrogen-bond acceptors (Lipinski definition) is 12. The lowest BCUT2D eigenvalue weighted by Crippen LogP contribution is -2.08. The maximum atomic E-state index is 13.0. The first-order valence-electron chi connectivity index (χ1n) is 10.5. The standard InChI is InChI=1S/C20H36O12P4.H2O/c1-25-33(21,26-2)13-17-9-10-19(15-35(23,29-5)30-6)20(16-36(24,31-7)32-8)12-11-18(17)14-34(22,27-3)28-4;/h9-12H,13-16H2,1-8H3;1H2/b10-9-,12-11?,17-9?,18-11?,18-17+,19-10?,20-12?,20-19?;. The van der Waals surface area contributed by atoms with Gasteiger partial charge in [0.05, 0.1) is 24.6 Å². The highest BCUT2D eigenvalue weighted by atomic mass is 31.2. The predicted molar refractivity (Wildman–Crippen MR) is 142 cm³/mol. The molecular weight excluding hydrogens is 572 g/mol. The Kier molecular flexibility index (Phi) is 15.7. The highest BCUT2D eigenvalue weighted by molar-refractivity contribution is 7.55. The van der Waals surface area contributed by atoms with Crippen LogP contribution in [-0.2, 0) is 54.5 Å². The van der Waals surface area contributed by atoms with Gasteiger partial charge in [0.25, 0.3) is 0 Å². The molecule has 216 valence electrons. The van der Waals surface area contributed by atoms with E-state index in [4.69, 9.17) is 36.2 Å². The lowest BCUT2D eigenvalue weighted by Gasteiger charge is -2.22. The van der Waals surface area contributed by atoms with E-state index in [0.29, 0.717) is 22.3 Å². The molecular formula is C20H38O13P4. The van der Waals surface area contributed by atoms with Gasteiger partial charge in [0, 0.05) is 56.9 Å². The van der Waals surface area contributed by atoms with E-state index in [0.717, 1.165) is 0 Å². The number of allylic oxidation sites excluding steroid dienone is 8. The second kappa shape index (κ2) is 15.9. The molecule has 37 heavy (non-hydrogen) atoms. The lowest BCUT2D eigenvalue weighted by atomic mass is 10.0. The van der Waals surface area contributed by atoms with Gasteiger partial charge in [-0.25, -0.2) is 0 Å². The molecule has 0 fully saturated rings. The van der Waals surface area contributed by atoms with Crippen LogP contribution in [0.1, 0.15) is 0 Å². The number of hydrogen-bond donors (Lipinski definition) is 0. The molecule has 0 aromatic heterocycles. The third-order valence-electron chi connectivity index (χ3n) is 5.48. The third-order valence-corrected chi connectivity index (χ3v) is 12.8. The van der Waals surface area contributed by atoms with Crippen molar-refractivity contribution >= 4 is 30.4 Å². The van der Waals surface area contributed by atoms with Crippen LogP contribution in [0, 0.1) is 0 Å². The zero-order valence-corrected chi connectivity index (χ0v) is 25.9. The van der Waals surface area contributed by atoms with Crippen molar-refractivity contribution < 1.29 is 59.9 Å². The molecule has 1 aliphatic carbocycles. The minimum absolute atomic E-state index is 0. The zero-order valence-electron chi connectivity index (χ0n) is 22.3. The van der Waals surface area contributed by atoms with Gasteiger partial charge in [-0.15, -0.1) is 0 Å². The fourth-order valence-corrected chi connectivity index (χ4v) is 7.63. The van der Waals surface area contributed by atoms with Crippen LogP contribution in [0.15, 0.2) is 46.6 Å². The van der Waals surface area contributed by atoms with E-state index in [1.165, 1.54) is 56.9 Å². The lowest BCUT2D eigenvalue weighted by molar-refractivity contribution is 0.276. The van der Waals surface area contributed by atoms with E-state index in [-0.39, 0.29) is 30.1 Å². The first kappa shape index (κ1) is 36.5. The quantitative estimate of drug-likeness (QED) is 0.218. The molecule has 0 heterocycles. The summed E-state index contributed by atoms with van der Waals surface area (Å²) in [4.78, 5) is 0. The van der Waals surface area contributed by atoms with Crippen molar-refractivity contribution in [2.45, 2.75) is 0 Å². The largest absolute Gasteiger partial charge is 0.412 e. The summed E-state index contributed by atoms with van der Waals surface area (Å²) < 4.78 is 92.6. The maximum absolute atomic E-state index is 13.0. The second-order valence-electron chi connectivity index (χ2n) is 7.30. The van der Waals surface area contributed by atoms with E-state index >= 15 is 0 Å². The van der Waals surface area contributed by atoms with Crippen molar-refractivity contribution in [2.24, 2.45) is 0 Å². The molecule has 0 spiro atoms. The van der Waals surface area contributed by atoms with Crippen molar-refractivity contribution in [1.82, 2.24) is 0 Å². The van der Waals surface area contributed by atoms with Gasteiger partial charge in [-0.3, -0.25) is 18.3 Å². The van der Waals surface area contributed by atoms with Crippen LogP contribution in [0.2, 0.25) is 0 Å². The molecule has 0 bridgehead atoms. The van der Waals surface area contributed by atoms with Gasteiger partial charge in [0.2, 0.25) is 0 Å². The van der Waals surface area contributed by atoms with Gasteiger partial charge < -0.3 is 41.7 Å². The minimum atomic E-state index is -3.55. The summed E-state index contributed by atoms with van der Waals surface area (Å²) in [6.45, 7) is 0. The summed E-state index contributed by atoms with van der Waals surface area (Å²) in [6, 6.07) is 0. The maximum Gasteiger partial charge on any atom is 0.334 e. The van der Waals surface area contributed by atoms with Crippen LogP contribution >= 0.6 is 30.4 Å². The Balaban J connectivity index is 0.0000130. The SMILES string of the molecule is COP(=O)(CC1=C(CP(=O)(OC)OC)/C=C\C(CP(=O)(OC)OC)=C(/CP(=O)(OC)OC)C=C1)OC.O. The molecule has 2 N–H and O–H groups in total. The monoisotopic (exact) mass is 610 g/mol. The van der Waals surface area contributed by atoms with E-state index in [9.17, 15) is 18.3 Å². The molecule has 13 nitrogen and oxygen atoms in total. The van der Waals surface area contributed by atoms with Gasteiger partial charge in [0.1, 0.15) is 0 Å². The highest BCUT2D eigenvalue weighted by Crippen LogP contribution is 2.54. The third kappa shape index (κ3) is 10.5. The topological polar surface area (TPSA) is 174 Å². The molecule has 0 unspecified atom stereocenters. The Morgan fingerprint density at radius 1 is 0.405 bits per heavy atom. The van der Waals surface area contributed by atoms with Crippen molar-refractivity contribution in [1.29, 1.82) is 0 Å². The Hall–Kier alpha value is -0.480. The predicted octanol–water partition coefficient (Wildman–Crippen LogP) is 4.82. The summed E-state index contributed by atoms with van der Waals surface area (Å²) in [5.41, 5.74) is 1.76. The smallest absolute Gasteiger partial charge is 0.334 e. The molecule has 0 amide bonds. The molecule has 1 aliphatic rings. The Bertz CT molecular complexity index is 880. The van der Waals surface area contributed by atoms with Crippen LogP contribution < -0.4 is 0 Å². The van der Waals surface area contributed by atoms with Gasteiger partial charge in [0.15, 0.2) is 0 Å². The van der Waals surface area contributed by atoms with E-state index in [2.05, 4.69) is 0 Å². The highest BCUT2D eigenvalue weighted by Gasteiger charge is 2.31. The average molecular weight is 610 g/mol. The molecule has 17 heteroatoms. The van der Waals surface area contributed by atoms with Gasteiger partial charge in [-0.1, -0.05) is 24.3 Å². The molecule has 0 radical (unpaired) electrons. The van der Waals surface area contributed by atoms with Crippen LogP contribution in [0.3, 0.4) is 0 Å². The van der Waals surface area contributed by atoms with E-state index in [1.807, 2.05) is 0 Å². The summed E-state index contributed by atoms with van der Waals surface area (Å²) in [7, 11) is -4.16. The normalized spacial score (nSPS) is 18.4. The molecule has 1 rings (SSSR count). The Morgan fingerprint density at radius 2 is 0.541 bits per heavy atom. The number of rotatable bonds is 16. The van der Waals surface area contributed by atoms with Crippen molar-refractivity contribution in [3.63, 3.8) is 0 Å². The van der Waals surface area contributed by atoms with Crippen LogP contribution in [0.5, 0.6) is 0 Å². The zero-order chi connectivity index (χ0) is 27.6. The summed E-state index contributed by atoms with van der Waals surface area (Å²) in [6.07, 6.45) is 5.67. The van der Waals surface area contributed by atoms with E-state index in [1.54, 1.807) is 24.3 Å². The molecule has 0 atom stereocenters. The average Bonchev–Trinajstić information content (AvgIpc) is 2.90. The fraction of sp³-hybridized carbons (Fsp3) is 0.600. The molecule has 0 aliphatic heterocycles. The molecule has 0 aromatic rings. The van der Waals surface area contributed by atoms with Crippen LogP contribution in [0.25, 0.3) is 0 Å². The first-order valence-corrected chi connectivity index (χ1v) is 17.4. The van der Waals surface area contributed by atoms with Crippen molar-refractivity contribution in [3.8, 4) is 0 Å². The van der Waals surface area contributed by atoms with Crippen molar-refractivity contribution in [3.05, 3.63) is 46.6 Å². The van der Waals surface area contributed by atoms with Gasteiger partial charge >= 0.3 is 30.4 Å².